The van der Waals surface area contributed by atoms with E-state index in [0.717, 1.165) is 18.4 Å². The molecule has 1 N–H and O–H groups in total. The quantitative estimate of drug-likeness (QED) is 0.608. The summed E-state index contributed by atoms with van der Waals surface area (Å²) >= 11 is 5.96. The molecule has 1 amide bonds. The first-order chi connectivity index (χ1) is 12.7. The number of nitrogens with zero attached hydrogens (tertiary/aromatic N) is 2. The average Bonchev–Trinajstić information content (AvgIpc) is 3.14. The molecule has 0 radical (unpaired) electrons. The summed E-state index contributed by atoms with van der Waals surface area (Å²) in [4.78, 5) is 16.2. The smallest absolute Gasteiger partial charge is 0.227 e. The van der Waals surface area contributed by atoms with Crippen molar-refractivity contribution < 1.29 is 9.32 Å². The number of nitrogens with one attached hydrogen (secondary N) is 1. The van der Waals surface area contributed by atoms with Crippen LogP contribution in [-0.2, 0) is 17.6 Å². The molecule has 0 saturated heterocycles. The number of aryl methyl sites for hydroxylation is 2. The van der Waals surface area contributed by atoms with Gasteiger partial charge in [0, 0.05) is 30.0 Å². The van der Waals surface area contributed by atoms with Crippen molar-refractivity contribution >= 4 is 17.5 Å². The highest BCUT2D eigenvalue weighted by atomic mass is 35.5. The van der Waals surface area contributed by atoms with Crippen LogP contribution in [0.5, 0.6) is 0 Å². The largest absolute Gasteiger partial charge is 0.356 e. The Kier molecular flexibility index (Phi) is 6.39. The monoisotopic (exact) mass is 369 g/mol. The lowest BCUT2D eigenvalue weighted by Gasteiger charge is -2.04. The summed E-state index contributed by atoms with van der Waals surface area (Å²) in [5.74, 6) is 0.908. The number of rotatable bonds is 8. The maximum atomic E-state index is 11.9. The molecule has 0 bridgehead atoms. The molecule has 1 aromatic heterocycles. The molecule has 26 heavy (non-hydrogen) atoms. The molecule has 0 unspecified atom stereocenters. The van der Waals surface area contributed by atoms with E-state index in [1.165, 1.54) is 5.56 Å². The minimum absolute atomic E-state index is 0.0134. The van der Waals surface area contributed by atoms with Gasteiger partial charge in [-0.25, -0.2) is 0 Å². The fourth-order valence-corrected chi connectivity index (χ4v) is 2.77. The van der Waals surface area contributed by atoms with Gasteiger partial charge in [0.15, 0.2) is 0 Å². The first kappa shape index (κ1) is 18.1. The first-order valence-electron chi connectivity index (χ1n) is 8.60. The number of carbonyl (C=O) groups excluding carboxylic acids is 1. The standard InChI is InChI=1S/C20H20ClN3O2/c21-17-10-4-9-16(14-17)20-23-19(26-24-20)12-11-18(25)22-13-5-8-15-6-2-1-3-7-15/h1-4,6-7,9-10,14H,5,8,11-13H2,(H,22,25). The Hall–Kier alpha value is -2.66. The van der Waals surface area contributed by atoms with Gasteiger partial charge in [-0.2, -0.15) is 4.98 Å². The lowest BCUT2D eigenvalue weighted by Crippen LogP contribution is -2.25. The molecule has 0 aliphatic rings. The Balaban J connectivity index is 1.39. The van der Waals surface area contributed by atoms with Gasteiger partial charge in [0.25, 0.3) is 0 Å². The van der Waals surface area contributed by atoms with Gasteiger partial charge >= 0.3 is 0 Å². The predicted octanol–water partition coefficient (Wildman–Crippen LogP) is 4.07. The maximum absolute atomic E-state index is 11.9. The van der Waals surface area contributed by atoms with Crippen LogP contribution in [0.25, 0.3) is 11.4 Å². The third-order valence-electron chi connectivity index (χ3n) is 3.92. The van der Waals surface area contributed by atoms with E-state index in [9.17, 15) is 4.79 Å². The van der Waals surface area contributed by atoms with E-state index in [4.69, 9.17) is 16.1 Å². The van der Waals surface area contributed by atoms with Gasteiger partial charge in [-0.05, 0) is 30.5 Å². The second-order valence-electron chi connectivity index (χ2n) is 5.96. The zero-order valence-corrected chi connectivity index (χ0v) is 15.1. The molecular formula is C20H20ClN3O2. The average molecular weight is 370 g/mol. The molecule has 3 aromatic rings. The number of benzene rings is 2. The van der Waals surface area contributed by atoms with Gasteiger partial charge in [-0.1, -0.05) is 59.2 Å². The Morgan fingerprint density at radius 1 is 1.08 bits per heavy atom. The van der Waals surface area contributed by atoms with Crippen LogP contribution in [-0.4, -0.2) is 22.6 Å². The summed E-state index contributed by atoms with van der Waals surface area (Å²) in [7, 11) is 0. The van der Waals surface area contributed by atoms with E-state index in [2.05, 4.69) is 27.6 Å². The molecule has 3 rings (SSSR count). The molecule has 0 fully saturated rings. The Morgan fingerprint density at radius 2 is 1.92 bits per heavy atom. The summed E-state index contributed by atoms with van der Waals surface area (Å²) in [6.45, 7) is 0.658. The molecule has 5 nitrogen and oxygen atoms in total. The highest BCUT2D eigenvalue weighted by molar-refractivity contribution is 6.30. The highest BCUT2D eigenvalue weighted by Gasteiger charge is 2.10. The normalized spacial score (nSPS) is 10.7. The van der Waals surface area contributed by atoms with Crippen molar-refractivity contribution in [3.63, 3.8) is 0 Å². The fraction of sp³-hybridized carbons (Fsp3) is 0.250. The third-order valence-corrected chi connectivity index (χ3v) is 4.16. The molecular weight excluding hydrogens is 350 g/mol. The van der Waals surface area contributed by atoms with Crippen LogP contribution in [0.4, 0.5) is 0 Å². The van der Waals surface area contributed by atoms with E-state index in [0.29, 0.717) is 36.1 Å². The van der Waals surface area contributed by atoms with Gasteiger partial charge in [-0.15, -0.1) is 0 Å². The minimum Gasteiger partial charge on any atom is -0.356 e. The Labute approximate surface area is 157 Å². The van der Waals surface area contributed by atoms with Crippen LogP contribution >= 0.6 is 11.6 Å². The SMILES string of the molecule is O=C(CCc1nc(-c2cccc(Cl)c2)no1)NCCCc1ccccc1. The lowest BCUT2D eigenvalue weighted by atomic mass is 10.1. The fourth-order valence-electron chi connectivity index (χ4n) is 2.58. The molecule has 2 aromatic carbocycles. The van der Waals surface area contributed by atoms with Gasteiger partial charge in [-0.3, -0.25) is 4.79 Å². The van der Waals surface area contributed by atoms with E-state index < -0.39 is 0 Å². The minimum atomic E-state index is -0.0134. The topological polar surface area (TPSA) is 68.0 Å². The van der Waals surface area contributed by atoms with Crippen molar-refractivity contribution in [3.05, 3.63) is 71.1 Å². The van der Waals surface area contributed by atoms with E-state index in [-0.39, 0.29) is 5.91 Å². The molecule has 0 aliphatic heterocycles. The van der Waals surface area contributed by atoms with E-state index in [1.54, 1.807) is 12.1 Å². The zero-order valence-electron chi connectivity index (χ0n) is 14.3. The first-order valence-corrected chi connectivity index (χ1v) is 8.97. The predicted molar refractivity (Wildman–Crippen MR) is 101 cm³/mol. The summed E-state index contributed by atoms with van der Waals surface area (Å²) < 4.78 is 5.21. The van der Waals surface area contributed by atoms with Crippen molar-refractivity contribution in [2.45, 2.75) is 25.7 Å². The van der Waals surface area contributed by atoms with Crippen molar-refractivity contribution in [3.8, 4) is 11.4 Å². The summed E-state index contributed by atoms with van der Waals surface area (Å²) in [6, 6.07) is 17.5. The van der Waals surface area contributed by atoms with Gasteiger partial charge in [0.2, 0.25) is 17.6 Å². The number of hydrogen-bond acceptors (Lipinski definition) is 4. The van der Waals surface area contributed by atoms with Crippen LogP contribution in [0.3, 0.4) is 0 Å². The number of aromatic nitrogens is 2. The van der Waals surface area contributed by atoms with Crippen LogP contribution in [0.15, 0.2) is 59.1 Å². The molecule has 0 atom stereocenters. The number of halogens is 1. The lowest BCUT2D eigenvalue weighted by molar-refractivity contribution is -0.121. The number of carbonyl (C=O) groups is 1. The van der Waals surface area contributed by atoms with Crippen molar-refractivity contribution in [1.29, 1.82) is 0 Å². The van der Waals surface area contributed by atoms with Crippen molar-refractivity contribution in [2.75, 3.05) is 6.54 Å². The van der Waals surface area contributed by atoms with Crippen molar-refractivity contribution in [2.24, 2.45) is 0 Å². The van der Waals surface area contributed by atoms with Gasteiger partial charge in [0.05, 0.1) is 0 Å². The summed E-state index contributed by atoms with van der Waals surface area (Å²) in [5.41, 5.74) is 2.07. The molecule has 134 valence electrons. The second kappa shape index (κ2) is 9.15. The number of hydrogen-bond donors (Lipinski definition) is 1. The Bertz CT molecular complexity index is 849. The Morgan fingerprint density at radius 3 is 2.73 bits per heavy atom. The zero-order chi connectivity index (χ0) is 18.2. The van der Waals surface area contributed by atoms with Gasteiger partial charge in [0.1, 0.15) is 0 Å². The maximum Gasteiger partial charge on any atom is 0.227 e. The van der Waals surface area contributed by atoms with Crippen molar-refractivity contribution in [1.82, 2.24) is 15.5 Å². The van der Waals surface area contributed by atoms with Gasteiger partial charge < -0.3 is 9.84 Å². The third kappa shape index (κ3) is 5.43. The molecule has 0 spiro atoms. The van der Waals surface area contributed by atoms with Crippen LogP contribution in [0.1, 0.15) is 24.3 Å². The summed E-state index contributed by atoms with van der Waals surface area (Å²) in [6.07, 6.45) is 2.60. The second-order valence-corrected chi connectivity index (χ2v) is 6.40. The molecule has 0 aliphatic carbocycles. The summed E-state index contributed by atoms with van der Waals surface area (Å²) in [5, 5.41) is 7.48. The van der Waals surface area contributed by atoms with E-state index in [1.807, 2.05) is 30.3 Å². The van der Waals surface area contributed by atoms with E-state index >= 15 is 0 Å². The van der Waals surface area contributed by atoms with Crippen LogP contribution in [0, 0.1) is 0 Å². The molecule has 1 heterocycles. The molecule has 0 saturated carbocycles. The molecule has 6 heteroatoms. The van der Waals surface area contributed by atoms with Crippen LogP contribution < -0.4 is 5.32 Å². The number of amides is 1. The van der Waals surface area contributed by atoms with Crippen LogP contribution in [0.2, 0.25) is 5.02 Å². The highest BCUT2D eigenvalue weighted by Crippen LogP contribution is 2.20.